The second-order valence-electron chi connectivity index (χ2n) is 5.28. The van der Waals surface area contributed by atoms with Crippen molar-refractivity contribution in [3.63, 3.8) is 0 Å². The number of aromatic hydroxyl groups is 1. The number of hydrazone groups is 1. The third-order valence-electron chi connectivity index (χ3n) is 3.53. The van der Waals surface area contributed by atoms with Crippen molar-refractivity contribution < 1.29 is 19.6 Å². The van der Waals surface area contributed by atoms with Gasteiger partial charge in [0.25, 0.3) is 11.6 Å². The van der Waals surface area contributed by atoms with Gasteiger partial charge in [0.2, 0.25) is 0 Å². The molecule has 0 bridgehead atoms. The molecule has 0 heterocycles. The molecule has 0 aliphatic heterocycles. The van der Waals surface area contributed by atoms with Crippen molar-refractivity contribution in [2.24, 2.45) is 5.10 Å². The van der Waals surface area contributed by atoms with Crippen LogP contribution in [0.15, 0.2) is 41.5 Å². The highest BCUT2D eigenvalue weighted by molar-refractivity contribution is 5.86. The lowest BCUT2D eigenvalue weighted by atomic mass is 10.1. The quantitative estimate of drug-likeness (QED) is 0.475. The van der Waals surface area contributed by atoms with E-state index in [9.17, 15) is 20.0 Å². The molecule has 130 valence electrons. The number of nitrogens with zero attached hydrogens (tertiary/aromatic N) is 2. The fourth-order valence-electron chi connectivity index (χ4n) is 1.99. The summed E-state index contributed by atoms with van der Waals surface area (Å²) in [6.07, 6.45) is 1.12. The van der Waals surface area contributed by atoms with E-state index in [4.69, 9.17) is 4.74 Å². The Labute approximate surface area is 143 Å². The van der Waals surface area contributed by atoms with Crippen molar-refractivity contribution in [2.45, 2.75) is 13.8 Å². The van der Waals surface area contributed by atoms with Gasteiger partial charge in [0.05, 0.1) is 11.1 Å². The molecule has 0 saturated carbocycles. The highest BCUT2D eigenvalue weighted by Gasteiger charge is 2.09. The molecule has 0 atom stereocenters. The van der Waals surface area contributed by atoms with Gasteiger partial charge in [-0.2, -0.15) is 5.10 Å². The van der Waals surface area contributed by atoms with Crippen molar-refractivity contribution >= 4 is 17.8 Å². The number of phenolic OH excluding ortho intramolecular Hbond substituents is 1. The minimum Gasteiger partial charge on any atom is -0.507 e. The van der Waals surface area contributed by atoms with Crippen molar-refractivity contribution in [3.05, 3.63) is 63.2 Å². The molecule has 0 spiro atoms. The van der Waals surface area contributed by atoms with E-state index in [0.29, 0.717) is 5.75 Å². The zero-order valence-electron chi connectivity index (χ0n) is 13.7. The molecule has 0 aromatic heterocycles. The molecular formula is C17H17N3O5. The van der Waals surface area contributed by atoms with Crippen LogP contribution in [-0.2, 0) is 4.79 Å². The first-order valence-electron chi connectivity index (χ1n) is 7.37. The maximum absolute atomic E-state index is 11.7. The molecule has 8 nitrogen and oxygen atoms in total. The SMILES string of the molecule is Cc1cccc(OCC(=O)NN=Cc2cc([N+](=O)[O-])ccc2O)c1C. The van der Waals surface area contributed by atoms with Crippen molar-refractivity contribution in [1.82, 2.24) is 5.43 Å². The largest absolute Gasteiger partial charge is 0.507 e. The first-order chi connectivity index (χ1) is 11.9. The summed E-state index contributed by atoms with van der Waals surface area (Å²) in [6.45, 7) is 3.60. The highest BCUT2D eigenvalue weighted by Crippen LogP contribution is 2.21. The van der Waals surface area contributed by atoms with Crippen molar-refractivity contribution in [3.8, 4) is 11.5 Å². The smallest absolute Gasteiger partial charge is 0.277 e. The van der Waals surface area contributed by atoms with E-state index in [-0.39, 0.29) is 23.6 Å². The minimum absolute atomic E-state index is 0.116. The number of hydrogen-bond acceptors (Lipinski definition) is 6. The first-order valence-corrected chi connectivity index (χ1v) is 7.37. The number of nitrogens with one attached hydrogen (secondary N) is 1. The van der Waals surface area contributed by atoms with Gasteiger partial charge in [0.1, 0.15) is 11.5 Å². The zero-order valence-corrected chi connectivity index (χ0v) is 13.7. The number of carbonyl (C=O) groups excluding carboxylic acids is 1. The van der Waals surface area contributed by atoms with Crippen LogP contribution >= 0.6 is 0 Å². The van der Waals surface area contributed by atoms with Gasteiger partial charge in [-0.25, -0.2) is 5.43 Å². The third-order valence-corrected chi connectivity index (χ3v) is 3.53. The number of hydrogen-bond donors (Lipinski definition) is 2. The van der Waals surface area contributed by atoms with Gasteiger partial charge in [-0.15, -0.1) is 0 Å². The second kappa shape index (κ2) is 7.91. The Morgan fingerprint density at radius 1 is 1.36 bits per heavy atom. The van der Waals surface area contributed by atoms with Crippen LogP contribution < -0.4 is 10.2 Å². The van der Waals surface area contributed by atoms with Gasteiger partial charge >= 0.3 is 0 Å². The Balaban J connectivity index is 1.93. The van der Waals surface area contributed by atoms with Gasteiger partial charge in [0.15, 0.2) is 6.61 Å². The van der Waals surface area contributed by atoms with Crippen LogP contribution in [0.2, 0.25) is 0 Å². The number of ether oxygens (including phenoxy) is 1. The lowest BCUT2D eigenvalue weighted by molar-refractivity contribution is -0.384. The van der Waals surface area contributed by atoms with Crippen LogP contribution in [0.1, 0.15) is 16.7 Å². The maximum atomic E-state index is 11.7. The number of nitro groups is 1. The molecule has 0 fully saturated rings. The van der Waals surface area contributed by atoms with E-state index < -0.39 is 10.8 Å². The molecule has 2 N–H and O–H groups in total. The first kappa shape index (κ1) is 17.9. The van der Waals surface area contributed by atoms with Crippen LogP contribution in [0, 0.1) is 24.0 Å². The van der Waals surface area contributed by atoms with E-state index in [1.807, 2.05) is 26.0 Å². The number of benzene rings is 2. The molecule has 2 aromatic carbocycles. The number of rotatable bonds is 6. The van der Waals surface area contributed by atoms with Crippen LogP contribution in [-0.4, -0.2) is 28.8 Å². The van der Waals surface area contributed by atoms with E-state index in [2.05, 4.69) is 10.5 Å². The minimum atomic E-state index is -0.590. The predicted molar refractivity (Wildman–Crippen MR) is 91.9 cm³/mol. The lowest BCUT2D eigenvalue weighted by Crippen LogP contribution is -2.24. The number of amides is 1. The summed E-state index contributed by atoms with van der Waals surface area (Å²) in [6, 6.07) is 9.04. The van der Waals surface area contributed by atoms with Gasteiger partial charge in [-0.1, -0.05) is 12.1 Å². The molecule has 0 radical (unpaired) electrons. The molecule has 25 heavy (non-hydrogen) atoms. The summed E-state index contributed by atoms with van der Waals surface area (Å²) >= 11 is 0. The van der Waals surface area contributed by atoms with Gasteiger partial charge in [-0.05, 0) is 37.1 Å². The summed E-state index contributed by atoms with van der Waals surface area (Å²) in [5, 5.41) is 24.0. The summed E-state index contributed by atoms with van der Waals surface area (Å²) < 4.78 is 5.43. The fraction of sp³-hybridized carbons (Fsp3) is 0.176. The molecule has 2 rings (SSSR count). The van der Waals surface area contributed by atoms with Gasteiger partial charge in [0, 0.05) is 17.7 Å². The Morgan fingerprint density at radius 3 is 2.84 bits per heavy atom. The van der Waals surface area contributed by atoms with Crippen molar-refractivity contribution in [2.75, 3.05) is 6.61 Å². The number of aryl methyl sites for hydroxylation is 1. The number of non-ortho nitro benzene ring substituents is 1. The topological polar surface area (TPSA) is 114 Å². The van der Waals surface area contributed by atoms with Gasteiger partial charge in [-0.3, -0.25) is 14.9 Å². The fourth-order valence-corrected chi connectivity index (χ4v) is 1.99. The van der Waals surface area contributed by atoms with Crippen LogP contribution in [0.3, 0.4) is 0 Å². The Morgan fingerprint density at radius 2 is 2.12 bits per heavy atom. The van der Waals surface area contributed by atoms with Crippen LogP contribution in [0.5, 0.6) is 11.5 Å². The molecule has 0 unspecified atom stereocenters. The van der Waals surface area contributed by atoms with Crippen molar-refractivity contribution in [1.29, 1.82) is 0 Å². The molecular weight excluding hydrogens is 326 g/mol. The molecule has 1 amide bonds. The van der Waals surface area contributed by atoms with E-state index in [1.54, 1.807) is 6.07 Å². The summed E-state index contributed by atoms with van der Waals surface area (Å²) in [7, 11) is 0. The third kappa shape index (κ3) is 4.77. The average Bonchev–Trinajstić information content (AvgIpc) is 2.57. The summed E-state index contributed by atoms with van der Waals surface area (Å²) in [5.74, 6) is -0.0761. The van der Waals surface area contributed by atoms with E-state index in [1.165, 1.54) is 12.1 Å². The highest BCUT2D eigenvalue weighted by atomic mass is 16.6. The number of nitro benzene ring substituents is 1. The normalized spacial score (nSPS) is 10.6. The maximum Gasteiger partial charge on any atom is 0.277 e. The molecule has 8 heteroatoms. The molecule has 2 aromatic rings. The average molecular weight is 343 g/mol. The Bertz CT molecular complexity index is 833. The molecule has 0 aliphatic carbocycles. The number of phenols is 1. The molecule has 0 saturated heterocycles. The Kier molecular flexibility index (Phi) is 5.67. The van der Waals surface area contributed by atoms with Crippen LogP contribution in [0.4, 0.5) is 5.69 Å². The summed E-state index contributed by atoms with van der Waals surface area (Å²) in [5.41, 5.74) is 4.16. The Hall–Kier alpha value is -3.42. The predicted octanol–water partition coefficient (Wildman–Crippen LogP) is 2.45. The summed E-state index contributed by atoms with van der Waals surface area (Å²) in [4.78, 5) is 21.9. The monoisotopic (exact) mass is 343 g/mol. The van der Waals surface area contributed by atoms with E-state index >= 15 is 0 Å². The van der Waals surface area contributed by atoms with Gasteiger partial charge < -0.3 is 9.84 Å². The number of carbonyl (C=O) groups is 1. The zero-order chi connectivity index (χ0) is 18.4. The second-order valence-corrected chi connectivity index (χ2v) is 5.28. The lowest BCUT2D eigenvalue weighted by Gasteiger charge is -2.09. The molecule has 0 aliphatic rings. The van der Waals surface area contributed by atoms with E-state index in [0.717, 1.165) is 23.4 Å². The standard InChI is InChI=1S/C17H17N3O5/c1-11-4-3-5-16(12(11)2)25-10-17(22)19-18-9-13-8-14(20(23)24)6-7-15(13)21/h3-9,21H,10H2,1-2H3,(H,19,22). The van der Waals surface area contributed by atoms with Crippen LogP contribution in [0.25, 0.3) is 0 Å².